The van der Waals surface area contributed by atoms with Crippen LogP contribution in [0, 0.1) is 12.7 Å². The van der Waals surface area contributed by atoms with Crippen molar-refractivity contribution in [1.29, 1.82) is 0 Å². The summed E-state index contributed by atoms with van der Waals surface area (Å²) in [5, 5.41) is 2.73. The summed E-state index contributed by atoms with van der Waals surface area (Å²) in [6.45, 7) is 2.28. The molecule has 0 unspecified atom stereocenters. The van der Waals surface area contributed by atoms with E-state index >= 15 is 0 Å². The Kier molecular flexibility index (Phi) is 6.27. The van der Waals surface area contributed by atoms with E-state index in [2.05, 4.69) is 5.32 Å². The summed E-state index contributed by atoms with van der Waals surface area (Å²) < 4.78 is 38.1. The number of sulfonamides is 1. The molecule has 1 amide bonds. The maximum absolute atomic E-state index is 13.0. The minimum Gasteiger partial charge on any atom is -0.351 e. The van der Waals surface area contributed by atoms with Gasteiger partial charge in [0.25, 0.3) is 5.91 Å². The van der Waals surface area contributed by atoms with E-state index in [0.717, 1.165) is 11.8 Å². The van der Waals surface area contributed by atoms with Crippen molar-refractivity contribution in [1.82, 2.24) is 9.62 Å². The monoisotopic (exact) mass is 364 g/mol. The van der Waals surface area contributed by atoms with E-state index in [1.807, 2.05) is 19.1 Å². The third-order valence-corrected chi connectivity index (χ3v) is 5.03. The highest BCUT2D eigenvalue weighted by molar-refractivity contribution is 7.88. The molecule has 0 heterocycles. The lowest BCUT2D eigenvalue weighted by molar-refractivity contribution is 0.0951. The number of amides is 1. The van der Waals surface area contributed by atoms with E-state index in [1.165, 1.54) is 16.4 Å². The number of nitrogens with zero attached hydrogens (tertiary/aromatic N) is 1. The van der Waals surface area contributed by atoms with Crippen LogP contribution in [0.4, 0.5) is 4.39 Å². The molecule has 0 aliphatic heterocycles. The summed E-state index contributed by atoms with van der Waals surface area (Å²) in [6.07, 6.45) is 1.11. The Bertz CT molecular complexity index is 836. The molecule has 1 N–H and O–H groups in total. The van der Waals surface area contributed by atoms with Crippen LogP contribution in [0.25, 0.3) is 0 Å². The van der Waals surface area contributed by atoms with Crippen LogP contribution in [-0.4, -0.2) is 38.0 Å². The van der Waals surface area contributed by atoms with Crippen molar-refractivity contribution < 1.29 is 17.6 Å². The summed E-state index contributed by atoms with van der Waals surface area (Å²) in [7, 11) is -3.46. The van der Waals surface area contributed by atoms with Crippen molar-refractivity contribution in [3.63, 3.8) is 0 Å². The Labute approximate surface area is 147 Å². The first-order chi connectivity index (χ1) is 11.8. The number of hydrogen-bond donors (Lipinski definition) is 1. The topological polar surface area (TPSA) is 66.5 Å². The maximum atomic E-state index is 13.0. The van der Waals surface area contributed by atoms with Gasteiger partial charge < -0.3 is 5.32 Å². The lowest BCUT2D eigenvalue weighted by Gasteiger charge is -2.20. The molecule has 0 saturated heterocycles. The van der Waals surface area contributed by atoms with Gasteiger partial charge in [-0.1, -0.05) is 30.3 Å². The number of halogens is 1. The highest BCUT2D eigenvalue weighted by atomic mass is 32.2. The van der Waals surface area contributed by atoms with Gasteiger partial charge in [-0.25, -0.2) is 12.8 Å². The summed E-state index contributed by atoms with van der Waals surface area (Å²) in [5.41, 5.74) is 2.09. The number of carbonyl (C=O) groups is 1. The van der Waals surface area contributed by atoms with Gasteiger partial charge in [0.15, 0.2) is 0 Å². The molecule has 2 aromatic carbocycles. The molecule has 5 nitrogen and oxygen atoms in total. The average Bonchev–Trinajstić information content (AvgIpc) is 2.55. The quantitative estimate of drug-likeness (QED) is 0.820. The van der Waals surface area contributed by atoms with Crippen LogP contribution in [0.1, 0.15) is 21.5 Å². The Hall–Kier alpha value is -2.25. The van der Waals surface area contributed by atoms with Crippen LogP contribution >= 0.6 is 0 Å². The van der Waals surface area contributed by atoms with Gasteiger partial charge in [-0.05, 0) is 36.2 Å². The van der Waals surface area contributed by atoms with Crippen LogP contribution in [0.5, 0.6) is 0 Å². The molecule has 0 radical (unpaired) electrons. The number of aryl methyl sites for hydroxylation is 1. The van der Waals surface area contributed by atoms with E-state index in [9.17, 15) is 17.6 Å². The molecule has 25 heavy (non-hydrogen) atoms. The fraction of sp³-hybridized carbons (Fsp3) is 0.278. The summed E-state index contributed by atoms with van der Waals surface area (Å²) in [4.78, 5) is 12.2. The second kappa shape index (κ2) is 8.22. The van der Waals surface area contributed by atoms with Crippen molar-refractivity contribution in [2.24, 2.45) is 0 Å². The number of carbonyl (C=O) groups excluding carboxylic acids is 1. The third-order valence-electron chi connectivity index (χ3n) is 3.78. The largest absolute Gasteiger partial charge is 0.351 e. The zero-order chi connectivity index (χ0) is 18.4. The average molecular weight is 364 g/mol. The molecule has 2 aromatic rings. The first-order valence-corrected chi connectivity index (χ1v) is 9.65. The second-order valence-corrected chi connectivity index (χ2v) is 7.78. The fourth-order valence-electron chi connectivity index (χ4n) is 2.37. The van der Waals surface area contributed by atoms with Crippen LogP contribution < -0.4 is 5.32 Å². The third kappa shape index (κ3) is 5.65. The van der Waals surface area contributed by atoms with Crippen molar-refractivity contribution in [2.45, 2.75) is 13.5 Å². The molecule has 0 fully saturated rings. The number of hydrogen-bond acceptors (Lipinski definition) is 3. The van der Waals surface area contributed by atoms with Crippen LogP contribution in [0.2, 0.25) is 0 Å². The molecule has 2 rings (SSSR count). The van der Waals surface area contributed by atoms with Crippen molar-refractivity contribution >= 4 is 15.9 Å². The smallest absolute Gasteiger partial charge is 0.251 e. The van der Waals surface area contributed by atoms with E-state index in [4.69, 9.17) is 0 Å². The highest BCUT2D eigenvalue weighted by Gasteiger charge is 2.17. The first kappa shape index (κ1) is 19.1. The number of rotatable bonds is 7. The molecule has 0 spiro atoms. The minimum atomic E-state index is -3.46. The zero-order valence-electron chi connectivity index (χ0n) is 14.2. The summed E-state index contributed by atoms with van der Waals surface area (Å²) in [5.74, 6) is -0.617. The second-order valence-electron chi connectivity index (χ2n) is 5.79. The predicted molar refractivity (Wildman–Crippen MR) is 95.2 cm³/mol. The molecular formula is C18H21FN2O3S. The molecule has 0 atom stereocenters. The lowest BCUT2D eigenvalue weighted by atomic mass is 10.1. The van der Waals surface area contributed by atoms with E-state index < -0.39 is 10.0 Å². The van der Waals surface area contributed by atoms with Crippen LogP contribution in [0.15, 0.2) is 48.5 Å². The van der Waals surface area contributed by atoms with Gasteiger partial charge in [0.1, 0.15) is 5.82 Å². The van der Waals surface area contributed by atoms with Crippen LogP contribution in [0.3, 0.4) is 0 Å². The predicted octanol–water partition coefficient (Wildman–Crippen LogP) is 2.33. The van der Waals surface area contributed by atoms with Gasteiger partial charge in [0.2, 0.25) is 10.0 Å². The molecule has 0 saturated carbocycles. The Morgan fingerprint density at radius 1 is 1.12 bits per heavy atom. The molecule has 0 aliphatic carbocycles. The molecular weight excluding hydrogens is 343 g/mol. The molecule has 0 aliphatic rings. The summed E-state index contributed by atoms with van der Waals surface area (Å²) in [6, 6.07) is 12.8. The van der Waals surface area contributed by atoms with E-state index in [-0.39, 0.29) is 31.4 Å². The number of benzene rings is 2. The maximum Gasteiger partial charge on any atom is 0.251 e. The highest BCUT2D eigenvalue weighted by Crippen LogP contribution is 2.10. The molecule has 0 aromatic heterocycles. The Morgan fingerprint density at radius 2 is 1.76 bits per heavy atom. The summed E-state index contributed by atoms with van der Waals surface area (Å²) >= 11 is 0. The first-order valence-electron chi connectivity index (χ1n) is 7.81. The van der Waals surface area contributed by atoms with Gasteiger partial charge in [-0.3, -0.25) is 4.79 Å². The van der Waals surface area contributed by atoms with Crippen molar-refractivity contribution in [2.75, 3.05) is 19.3 Å². The standard InChI is InChI=1S/C18H21FN2O3S/c1-14-5-3-4-6-17(14)18(22)20-11-12-21(25(2,23)24)13-15-7-9-16(19)10-8-15/h3-10H,11-13H2,1-2H3,(H,20,22). The fourth-order valence-corrected chi connectivity index (χ4v) is 3.18. The van der Waals surface area contributed by atoms with Gasteiger partial charge in [0.05, 0.1) is 6.26 Å². The normalized spacial score (nSPS) is 11.5. The van der Waals surface area contributed by atoms with Crippen LogP contribution in [-0.2, 0) is 16.6 Å². The van der Waals surface area contributed by atoms with E-state index in [1.54, 1.807) is 24.3 Å². The van der Waals surface area contributed by atoms with Gasteiger partial charge >= 0.3 is 0 Å². The number of nitrogens with one attached hydrogen (secondary N) is 1. The van der Waals surface area contributed by atoms with Gasteiger partial charge in [-0.2, -0.15) is 4.31 Å². The van der Waals surface area contributed by atoms with Crippen molar-refractivity contribution in [3.8, 4) is 0 Å². The van der Waals surface area contributed by atoms with E-state index in [0.29, 0.717) is 11.1 Å². The van der Waals surface area contributed by atoms with Gasteiger partial charge in [0, 0.05) is 25.2 Å². The Morgan fingerprint density at radius 3 is 2.36 bits per heavy atom. The SMILES string of the molecule is Cc1ccccc1C(=O)NCCN(Cc1ccc(F)cc1)S(C)(=O)=O. The zero-order valence-corrected chi connectivity index (χ0v) is 15.0. The van der Waals surface area contributed by atoms with Crippen molar-refractivity contribution in [3.05, 3.63) is 71.0 Å². The van der Waals surface area contributed by atoms with Gasteiger partial charge in [-0.15, -0.1) is 0 Å². The lowest BCUT2D eigenvalue weighted by Crippen LogP contribution is -2.37. The molecule has 134 valence electrons. The minimum absolute atomic E-state index is 0.124. The Balaban J connectivity index is 1.98. The molecule has 7 heteroatoms. The molecule has 0 bridgehead atoms.